The first-order valence-corrected chi connectivity index (χ1v) is 10.9. The van der Waals surface area contributed by atoms with Crippen molar-refractivity contribution in [2.24, 2.45) is 0 Å². The first kappa shape index (κ1) is 20.8. The van der Waals surface area contributed by atoms with Gasteiger partial charge < -0.3 is 14.8 Å². The fourth-order valence-corrected chi connectivity index (χ4v) is 4.31. The van der Waals surface area contributed by atoms with Crippen molar-refractivity contribution < 1.29 is 27.1 Å². The molecule has 2 N–H and O–H groups in total. The van der Waals surface area contributed by atoms with Crippen molar-refractivity contribution in [3.05, 3.63) is 84.2 Å². The van der Waals surface area contributed by atoms with Gasteiger partial charge in [0.25, 0.3) is 0 Å². The maximum absolute atomic E-state index is 13.2. The summed E-state index contributed by atoms with van der Waals surface area (Å²) in [6.07, 6.45) is 0.123. The molecule has 0 aromatic heterocycles. The van der Waals surface area contributed by atoms with Crippen LogP contribution in [0.1, 0.15) is 5.56 Å². The summed E-state index contributed by atoms with van der Waals surface area (Å²) in [7, 11) is -4.07. The average Bonchev–Trinajstić information content (AvgIpc) is 3.22. The summed E-state index contributed by atoms with van der Waals surface area (Å²) >= 11 is 0. The van der Waals surface area contributed by atoms with Gasteiger partial charge in [-0.3, -0.25) is 4.79 Å². The number of hydrogen-bond donors (Lipinski definition) is 2. The van der Waals surface area contributed by atoms with Crippen molar-refractivity contribution in [3.63, 3.8) is 0 Å². The van der Waals surface area contributed by atoms with Crippen molar-refractivity contribution >= 4 is 21.6 Å². The summed E-state index contributed by atoms with van der Waals surface area (Å²) in [5.74, 6) is -0.0473. The number of amides is 1. The van der Waals surface area contributed by atoms with E-state index in [0.29, 0.717) is 17.2 Å². The molecular formula is C22H19FN2O5S. The zero-order valence-corrected chi connectivity index (χ0v) is 17.1. The highest BCUT2D eigenvalue weighted by molar-refractivity contribution is 7.89. The average molecular weight is 442 g/mol. The zero-order valence-electron chi connectivity index (χ0n) is 16.2. The third-order valence-electron chi connectivity index (χ3n) is 4.66. The SMILES string of the molecule is O=C(Nc1ccc2c(c1)OCO2)C(Cc1ccccc1)NS(=O)(=O)c1ccc(F)cc1. The van der Waals surface area contributed by atoms with Gasteiger partial charge in [-0.05, 0) is 48.4 Å². The molecule has 160 valence electrons. The van der Waals surface area contributed by atoms with Crippen LogP contribution in [0.4, 0.5) is 10.1 Å². The lowest BCUT2D eigenvalue weighted by Crippen LogP contribution is -2.45. The summed E-state index contributed by atoms with van der Waals surface area (Å²) in [6, 6.07) is 17.2. The predicted octanol–water partition coefficient (Wildman–Crippen LogP) is 3.08. The lowest BCUT2D eigenvalue weighted by Gasteiger charge is -2.19. The number of rotatable bonds is 7. The van der Waals surface area contributed by atoms with Gasteiger partial charge in [-0.25, -0.2) is 12.8 Å². The summed E-state index contributed by atoms with van der Waals surface area (Å²) in [6.45, 7) is 0.0980. The predicted molar refractivity (Wildman–Crippen MR) is 112 cm³/mol. The molecule has 3 aromatic carbocycles. The molecule has 1 heterocycles. The Balaban J connectivity index is 1.57. The summed E-state index contributed by atoms with van der Waals surface area (Å²) in [4.78, 5) is 12.9. The van der Waals surface area contributed by atoms with Gasteiger partial charge in [0.05, 0.1) is 4.90 Å². The van der Waals surface area contributed by atoms with Crippen LogP contribution in [0.2, 0.25) is 0 Å². The molecule has 0 fully saturated rings. The highest BCUT2D eigenvalue weighted by Crippen LogP contribution is 2.34. The highest BCUT2D eigenvalue weighted by Gasteiger charge is 2.27. The molecule has 0 aliphatic carbocycles. The number of nitrogens with one attached hydrogen (secondary N) is 2. The summed E-state index contributed by atoms with van der Waals surface area (Å²) in [5.41, 5.74) is 1.21. The van der Waals surface area contributed by atoms with Crippen LogP contribution in [0, 0.1) is 5.82 Å². The Labute approximate surface area is 178 Å². The Bertz CT molecular complexity index is 1180. The number of benzene rings is 3. The van der Waals surface area contributed by atoms with Crippen LogP contribution in [0.15, 0.2) is 77.7 Å². The first-order chi connectivity index (χ1) is 14.9. The molecule has 1 amide bonds. The van der Waals surface area contributed by atoms with Crippen molar-refractivity contribution in [2.75, 3.05) is 12.1 Å². The molecule has 31 heavy (non-hydrogen) atoms. The summed E-state index contributed by atoms with van der Waals surface area (Å²) < 4.78 is 51.8. The molecule has 0 spiro atoms. The number of sulfonamides is 1. The topological polar surface area (TPSA) is 93.7 Å². The fourth-order valence-electron chi connectivity index (χ4n) is 3.11. The Kier molecular flexibility index (Phi) is 5.88. The molecule has 7 nitrogen and oxygen atoms in total. The van der Waals surface area contributed by atoms with Gasteiger partial charge in [0.15, 0.2) is 11.5 Å². The second kappa shape index (κ2) is 8.75. The maximum Gasteiger partial charge on any atom is 0.242 e. The van der Waals surface area contributed by atoms with Gasteiger partial charge in [-0.1, -0.05) is 30.3 Å². The molecule has 0 saturated heterocycles. The van der Waals surface area contributed by atoms with Crippen LogP contribution in [-0.4, -0.2) is 27.2 Å². The second-order valence-electron chi connectivity index (χ2n) is 6.87. The highest BCUT2D eigenvalue weighted by atomic mass is 32.2. The van der Waals surface area contributed by atoms with Crippen molar-refractivity contribution in [2.45, 2.75) is 17.4 Å². The van der Waals surface area contributed by atoms with E-state index in [2.05, 4.69) is 10.0 Å². The number of fused-ring (bicyclic) bond motifs is 1. The molecule has 1 aliphatic rings. The van der Waals surface area contributed by atoms with Gasteiger partial charge in [0.2, 0.25) is 22.7 Å². The van der Waals surface area contributed by atoms with Crippen molar-refractivity contribution in [1.29, 1.82) is 0 Å². The molecule has 1 unspecified atom stereocenters. The quantitative estimate of drug-likeness (QED) is 0.587. The van der Waals surface area contributed by atoms with Crippen LogP contribution in [-0.2, 0) is 21.2 Å². The van der Waals surface area contributed by atoms with E-state index in [4.69, 9.17) is 9.47 Å². The van der Waals surface area contributed by atoms with E-state index in [9.17, 15) is 17.6 Å². The number of carbonyl (C=O) groups excluding carboxylic acids is 1. The number of hydrogen-bond acceptors (Lipinski definition) is 5. The lowest BCUT2D eigenvalue weighted by atomic mass is 10.1. The molecule has 1 aliphatic heterocycles. The Morgan fingerprint density at radius 2 is 1.68 bits per heavy atom. The second-order valence-corrected chi connectivity index (χ2v) is 8.59. The standard InChI is InChI=1S/C22H19FN2O5S/c23-16-6-9-18(10-7-16)31(27,28)25-19(12-15-4-2-1-3-5-15)22(26)24-17-8-11-20-21(13-17)30-14-29-20/h1-11,13,19,25H,12,14H2,(H,24,26). The number of halogens is 1. The minimum Gasteiger partial charge on any atom is -0.454 e. The van der Waals surface area contributed by atoms with Crippen LogP contribution in [0.3, 0.4) is 0 Å². The van der Waals surface area contributed by atoms with Gasteiger partial charge in [-0.15, -0.1) is 0 Å². The molecule has 9 heteroatoms. The molecular weight excluding hydrogens is 423 g/mol. The fraction of sp³-hybridized carbons (Fsp3) is 0.136. The van der Waals surface area contributed by atoms with Gasteiger partial charge in [-0.2, -0.15) is 4.72 Å². The van der Waals surface area contributed by atoms with Crippen LogP contribution in [0.5, 0.6) is 11.5 Å². The summed E-state index contributed by atoms with van der Waals surface area (Å²) in [5, 5.41) is 2.71. The minimum atomic E-state index is -4.07. The van der Waals surface area contributed by atoms with E-state index < -0.39 is 27.8 Å². The smallest absolute Gasteiger partial charge is 0.242 e. The molecule has 1 atom stereocenters. The zero-order chi connectivity index (χ0) is 21.8. The van der Waals surface area contributed by atoms with Gasteiger partial charge in [0.1, 0.15) is 11.9 Å². The Morgan fingerprint density at radius 3 is 2.42 bits per heavy atom. The third kappa shape index (κ3) is 5.01. The Morgan fingerprint density at radius 1 is 0.968 bits per heavy atom. The van der Waals surface area contributed by atoms with Crippen molar-refractivity contribution in [1.82, 2.24) is 4.72 Å². The monoisotopic (exact) mass is 442 g/mol. The number of carbonyl (C=O) groups is 1. The maximum atomic E-state index is 13.2. The molecule has 0 radical (unpaired) electrons. The first-order valence-electron chi connectivity index (χ1n) is 9.43. The van der Waals surface area contributed by atoms with E-state index in [-0.39, 0.29) is 18.1 Å². The number of ether oxygens (including phenoxy) is 2. The number of anilines is 1. The van der Waals surface area contributed by atoms with E-state index >= 15 is 0 Å². The van der Waals surface area contributed by atoms with Crippen molar-refractivity contribution in [3.8, 4) is 11.5 Å². The molecule has 0 bridgehead atoms. The molecule has 3 aromatic rings. The Hall–Kier alpha value is -3.43. The molecule has 0 saturated carbocycles. The normalized spacial score (nSPS) is 13.6. The molecule has 4 rings (SSSR count). The van der Waals surface area contributed by atoms with E-state index in [0.717, 1.165) is 29.8 Å². The van der Waals surface area contributed by atoms with Gasteiger partial charge in [0, 0.05) is 11.8 Å². The van der Waals surface area contributed by atoms with Crippen LogP contribution >= 0.6 is 0 Å². The van der Waals surface area contributed by atoms with Crippen LogP contribution < -0.4 is 19.5 Å². The van der Waals surface area contributed by atoms with E-state index in [1.165, 1.54) is 0 Å². The van der Waals surface area contributed by atoms with E-state index in [1.807, 2.05) is 6.07 Å². The minimum absolute atomic E-state index is 0.0980. The lowest BCUT2D eigenvalue weighted by molar-refractivity contribution is -0.117. The third-order valence-corrected chi connectivity index (χ3v) is 6.15. The van der Waals surface area contributed by atoms with Crippen LogP contribution in [0.25, 0.3) is 0 Å². The largest absolute Gasteiger partial charge is 0.454 e. The van der Waals surface area contributed by atoms with Gasteiger partial charge >= 0.3 is 0 Å². The van der Waals surface area contributed by atoms with E-state index in [1.54, 1.807) is 42.5 Å².